The van der Waals surface area contributed by atoms with Gasteiger partial charge in [-0.2, -0.15) is 0 Å². The van der Waals surface area contributed by atoms with Crippen LogP contribution in [0.1, 0.15) is 26.2 Å². The molecule has 5 heteroatoms. The molecule has 1 heterocycles. The van der Waals surface area contributed by atoms with Gasteiger partial charge in [-0.15, -0.1) is 0 Å². The first-order valence-electron chi connectivity index (χ1n) is 11.4. The Morgan fingerprint density at radius 2 is 1.28 bits per heavy atom. The van der Waals surface area contributed by atoms with Gasteiger partial charge < -0.3 is 0 Å². The summed E-state index contributed by atoms with van der Waals surface area (Å²) in [5.41, 5.74) is 0. The molecule has 3 aromatic rings. The number of nitrogens with zero attached hydrogens (tertiary/aromatic N) is 1. The summed E-state index contributed by atoms with van der Waals surface area (Å²) in [7, 11) is 0. The summed E-state index contributed by atoms with van der Waals surface area (Å²) in [6, 6.07) is 31.6. The van der Waals surface area contributed by atoms with Gasteiger partial charge in [-0.25, -0.2) is 0 Å². The Bertz CT molecular complexity index is 961. The fourth-order valence-electron chi connectivity index (χ4n) is 6.18. The zero-order valence-electron chi connectivity index (χ0n) is 18.6. The van der Waals surface area contributed by atoms with Crippen molar-refractivity contribution in [3.63, 3.8) is 0 Å². The molecule has 2 unspecified atom stereocenters. The molecule has 3 nitrogen and oxygen atoms in total. The molecule has 0 spiro atoms. The predicted molar refractivity (Wildman–Crippen MR) is 140 cm³/mol. The van der Waals surface area contributed by atoms with Gasteiger partial charge in [-0.3, -0.25) is 0 Å². The Balaban J connectivity index is 2.26. The fourth-order valence-corrected chi connectivity index (χ4v) is 14.5. The van der Waals surface area contributed by atoms with E-state index in [0.29, 0.717) is 17.9 Å². The SMILES string of the molecule is CCP(c1ccccc1)(c1ccccc1)(c1ccccc1)[N+]1(C(=O)O)CCCC(Br)CC1. The van der Waals surface area contributed by atoms with E-state index in [4.69, 9.17) is 0 Å². The van der Waals surface area contributed by atoms with Crippen LogP contribution < -0.4 is 15.9 Å². The molecule has 1 amide bonds. The third-order valence-corrected chi connectivity index (χ3v) is 16.3. The molecule has 1 saturated heterocycles. The summed E-state index contributed by atoms with van der Waals surface area (Å²) in [5.74, 6) is 0. The zero-order chi connectivity index (χ0) is 22.7. The van der Waals surface area contributed by atoms with E-state index in [0.717, 1.165) is 41.3 Å². The molecule has 3 aromatic carbocycles. The van der Waals surface area contributed by atoms with Crippen molar-refractivity contribution < 1.29 is 14.2 Å². The van der Waals surface area contributed by atoms with Gasteiger partial charge in [0.1, 0.15) is 0 Å². The standard InChI is InChI=1S/C27H31BrNO2P/c1-2-32(24-14-6-3-7-15-24,25-16-8-4-9-17-25,26-18-10-5-11-19-26)29(27(30)31)21-12-13-23(28)20-22-29/h3-11,14-19,23H,2,12-13,20-22H2,1H3/p+1. The van der Waals surface area contributed by atoms with Crippen molar-refractivity contribution in [1.29, 1.82) is 0 Å². The fraction of sp³-hybridized carbons (Fsp3) is 0.296. The molecule has 1 fully saturated rings. The molecule has 168 valence electrons. The van der Waals surface area contributed by atoms with E-state index in [9.17, 15) is 9.90 Å². The van der Waals surface area contributed by atoms with Crippen LogP contribution in [-0.2, 0) is 0 Å². The first-order valence-corrected chi connectivity index (χ1v) is 14.7. The summed E-state index contributed by atoms with van der Waals surface area (Å²) >= 11 is 3.83. The van der Waals surface area contributed by atoms with E-state index in [-0.39, 0.29) is 4.25 Å². The third-order valence-electron chi connectivity index (χ3n) is 7.61. The molecular formula is C27H32BrNO2P+. The first-order chi connectivity index (χ1) is 15.5. The van der Waals surface area contributed by atoms with Crippen LogP contribution >= 0.6 is 22.7 Å². The predicted octanol–water partition coefficient (Wildman–Crippen LogP) is 5.89. The Morgan fingerprint density at radius 1 is 0.844 bits per heavy atom. The number of alkyl halides is 1. The maximum atomic E-state index is 13.7. The number of rotatable bonds is 5. The second kappa shape index (κ2) is 9.09. The number of quaternary nitrogens is 1. The van der Waals surface area contributed by atoms with Crippen LogP contribution in [0.3, 0.4) is 0 Å². The molecule has 0 aliphatic carbocycles. The molecule has 2 atom stereocenters. The summed E-state index contributed by atoms with van der Waals surface area (Å²) in [5, 5.41) is 14.7. The molecule has 1 aliphatic heterocycles. The van der Waals surface area contributed by atoms with Gasteiger partial charge in [0.15, 0.2) is 0 Å². The van der Waals surface area contributed by atoms with Gasteiger partial charge >= 0.3 is 200 Å². The number of amides is 1. The Kier molecular flexibility index (Phi) is 6.58. The molecule has 1 aliphatic rings. The molecule has 32 heavy (non-hydrogen) atoms. The van der Waals surface area contributed by atoms with Gasteiger partial charge in [0, 0.05) is 0 Å². The normalized spacial score (nSPS) is 22.9. The van der Waals surface area contributed by atoms with E-state index >= 15 is 0 Å². The molecule has 0 saturated carbocycles. The second-order valence-electron chi connectivity index (χ2n) is 8.75. The summed E-state index contributed by atoms with van der Waals surface area (Å²) < 4.78 is 0.0856. The molecule has 1 N–H and O–H groups in total. The molecule has 0 radical (unpaired) electrons. The van der Waals surface area contributed by atoms with E-state index in [2.05, 4.69) is 95.7 Å². The monoisotopic (exact) mass is 512 g/mol. The average molecular weight is 513 g/mol. The molecule has 0 bridgehead atoms. The molecular weight excluding hydrogens is 481 g/mol. The van der Waals surface area contributed by atoms with Crippen LogP contribution in [0.5, 0.6) is 0 Å². The van der Waals surface area contributed by atoms with Crippen molar-refractivity contribution in [2.45, 2.75) is 31.0 Å². The van der Waals surface area contributed by atoms with E-state index in [1.54, 1.807) is 0 Å². The van der Waals surface area contributed by atoms with Crippen LogP contribution in [0.2, 0.25) is 0 Å². The van der Waals surface area contributed by atoms with Gasteiger partial charge in [0.05, 0.1) is 0 Å². The summed E-state index contributed by atoms with van der Waals surface area (Å²) in [6.07, 6.45) is 2.77. The van der Waals surface area contributed by atoms with Gasteiger partial charge in [0.2, 0.25) is 0 Å². The van der Waals surface area contributed by atoms with Crippen LogP contribution in [0.25, 0.3) is 0 Å². The van der Waals surface area contributed by atoms with Gasteiger partial charge in [-0.1, -0.05) is 0 Å². The number of carboxylic acid groups (broad SMARTS) is 1. The topological polar surface area (TPSA) is 37.3 Å². The van der Waals surface area contributed by atoms with Crippen LogP contribution in [-0.4, -0.2) is 39.5 Å². The number of carbonyl (C=O) groups is 1. The van der Waals surface area contributed by atoms with E-state index < -0.39 is 12.8 Å². The minimum atomic E-state index is -3.54. The van der Waals surface area contributed by atoms with Gasteiger partial charge in [0.25, 0.3) is 0 Å². The van der Waals surface area contributed by atoms with Crippen molar-refractivity contribution in [3.8, 4) is 0 Å². The Morgan fingerprint density at radius 3 is 1.66 bits per heavy atom. The quantitative estimate of drug-likeness (QED) is 0.341. The first kappa shape index (κ1) is 23.2. The van der Waals surface area contributed by atoms with Crippen LogP contribution in [0.15, 0.2) is 91.0 Å². The van der Waals surface area contributed by atoms with E-state index in [1.807, 2.05) is 18.2 Å². The van der Waals surface area contributed by atoms with Gasteiger partial charge in [-0.05, 0) is 0 Å². The van der Waals surface area contributed by atoms with Crippen molar-refractivity contribution >= 4 is 44.7 Å². The van der Waals surface area contributed by atoms with Crippen molar-refractivity contribution in [1.82, 2.24) is 0 Å². The number of hydrogen-bond donors (Lipinski definition) is 1. The van der Waals surface area contributed by atoms with E-state index in [1.165, 1.54) is 0 Å². The summed E-state index contributed by atoms with van der Waals surface area (Å²) in [6.45, 7) is -0.0921. The Labute approximate surface area is 199 Å². The second-order valence-corrected chi connectivity index (χ2v) is 15.5. The number of hydrogen-bond acceptors (Lipinski definition) is 1. The van der Waals surface area contributed by atoms with Crippen LogP contribution in [0, 0.1) is 0 Å². The number of halogens is 1. The van der Waals surface area contributed by atoms with Crippen molar-refractivity contribution in [2.24, 2.45) is 0 Å². The minimum absolute atomic E-state index is 0.0856. The van der Waals surface area contributed by atoms with Crippen molar-refractivity contribution in [2.75, 3.05) is 19.3 Å². The summed E-state index contributed by atoms with van der Waals surface area (Å²) in [4.78, 5) is 14.0. The van der Waals surface area contributed by atoms with Crippen molar-refractivity contribution in [3.05, 3.63) is 91.0 Å². The third kappa shape index (κ3) is 3.11. The molecule has 4 rings (SSSR count). The van der Waals surface area contributed by atoms with Crippen LogP contribution in [0.4, 0.5) is 4.79 Å². The zero-order valence-corrected chi connectivity index (χ0v) is 21.1. The average Bonchev–Trinajstić information content (AvgIpc) is 3.05. The Hall–Kier alpha value is -2.00. The molecule has 0 aromatic heterocycles. The number of benzene rings is 3. The number of likely N-dealkylation sites (tertiary alicyclic amines) is 1. The maximum absolute atomic E-state index is 13.7.